The van der Waals surface area contributed by atoms with Crippen LogP contribution in [0.3, 0.4) is 0 Å². The quantitative estimate of drug-likeness (QED) is 0.343. The molecule has 0 amide bonds. The van der Waals surface area contributed by atoms with Crippen LogP contribution in [-0.2, 0) is 0 Å². The molecular formula is C22H46. The fraction of sp³-hybridized carbons (Fsp3) is 1.00. The van der Waals surface area contributed by atoms with Crippen molar-refractivity contribution >= 4 is 0 Å². The van der Waals surface area contributed by atoms with E-state index < -0.39 is 0 Å². The third-order valence-corrected chi connectivity index (χ3v) is 5.12. The normalized spacial score (nSPS) is 18.3. The Morgan fingerprint density at radius 2 is 1.05 bits per heavy atom. The first-order valence-electron chi connectivity index (χ1n) is 10.1. The van der Waals surface area contributed by atoms with Crippen molar-refractivity contribution in [1.82, 2.24) is 0 Å². The maximum atomic E-state index is 2.48. The van der Waals surface area contributed by atoms with Crippen molar-refractivity contribution in [1.29, 1.82) is 0 Å². The van der Waals surface area contributed by atoms with E-state index in [2.05, 4.69) is 62.3 Å². The van der Waals surface area contributed by atoms with Crippen LogP contribution in [0.2, 0.25) is 0 Å². The van der Waals surface area contributed by atoms with Gasteiger partial charge in [0.25, 0.3) is 0 Å². The zero-order valence-electron chi connectivity index (χ0n) is 17.3. The lowest BCUT2D eigenvalue weighted by Crippen LogP contribution is -2.18. The summed E-state index contributed by atoms with van der Waals surface area (Å²) in [5, 5.41) is 0. The standard InChI is InChI=1S/C22H46/c1-10-11-22(8,9)16-21(7)15-20(6)14-19(5)13-18(4)12-17(2)3/h17-21H,10-16H2,1-9H3. The van der Waals surface area contributed by atoms with Crippen molar-refractivity contribution in [2.24, 2.45) is 35.0 Å². The smallest absolute Gasteiger partial charge is 0.0352 e. The van der Waals surface area contributed by atoms with E-state index in [9.17, 15) is 0 Å². The number of hydrogen-bond donors (Lipinski definition) is 0. The summed E-state index contributed by atoms with van der Waals surface area (Å²) in [6.45, 7) is 21.8. The second-order valence-corrected chi connectivity index (χ2v) is 9.88. The van der Waals surface area contributed by atoms with E-state index in [1.807, 2.05) is 0 Å². The molecule has 22 heavy (non-hydrogen) atoms. The van der Waals surface area contributed by atoms with Crippen molar-refractivity contribution in [3.8, 4) is 0 Å². The van der Waals surface area contributed by atoms with Crippen LogP contribution >= 0.6 is 0 Å². The van der Waals surface area contributed by atoms with Crippen LogP contribution in [0.25, 0.3) is 0 Å². The second-order valence-electron chi connectivity index (χ2n) is 9.88. The zero-order chi connectivity index (χ0) is 17.3. The van der Waals surface area contributed by atoms with Gasteiger partial charge in [0.15, 0.2) is 0 Å². The Balaban J connectivity index is 4.08. The van der Waals surface area contributed by atoms with Crippen LogP contribution < -0.4 is 0 Å². The summed E-state index contributed by atoms with van der Waals surface area (Å²) in [5.41, 5.74) is 0.533. The molecule has 4 atom stereocenters. The van der Waals surface area contributed by atoms with E-state index in [1.54, 1.807) is 0 Å². The third kappa shape index (κ3) is 11.6. The van der Waals surface area contributed by atoms with Crippen LogP contribution in [-0.4, -0.2) is 0 Å². The molecule has 0 rings (SSSR count). The van der Waals surface area contributed by atoms with Gasteiger partial charge in [-0.1, -0.05) is 68.7 Å². The van der Waals surface area contributed by atoms with Crippen LogP contribution in [0, 0.1) is 35.0 Å². The Morgan fingerprint density at radius 3 is 1.45 bits per heavy atom. The summed E-state index contributed by atoms with van der Waals surface area (Å²) in [6.07, 6.45) is 9.72. The second kappa shape index (κ2) is 10.7. The van der Waals surface area contributed by atoms with Gasteiger partial charge in [0, 0.05) is 0 Å². The van der Waals surface area contributed by atoms with Crippen LogP contribution in [0.1, 0.15) is 107 Å². The molecule has 0 bridgehead atoms. The molecule has 0 radical (unpaired) electrons. The summed E-state index contributed by atoms with van der Waals surface area (Å²) in [4.78, 5) is 0. The topological polar surface area (TPSA) is 0 Å². The maximum Gasteiger partial charge on any atom is -0.0352 e. The predicted octanol–water partition coefficient (Wildman–Crippen LogP) is 7.96. The van der Waals surface area contributed by atoms with E-state index >= 15 is 0 Å². The average Bonchev–Trinajstić information content (AvgIpc) is 2.24. The van der Waals surface area contributed by atoms with E-state index in [0.29, 0.717) is 5.41 Å². The predicted molar refractivity (Wildman–Crippen MR) is 103 cm³/mol. The molecule has 0 heteroatoms. The van der Waals surface area contributed by atoms with Gasteiger partial charge in [-0.3, -0.25) is 0 Å². The molecule has 0 aliphatic heterocycles. The van der Waals surface area contributed by atoms with Crippen molar-refractivity contribution in [3.05, 3.63) is 0 Å². The molecule has 0 saturated carbocycles. The monoisotopic (exact) mass is 310 g/mol. The van der Waals surface area contributed by atoms with Crippen LogP contribution in [0.4, 0.5) is 0 Å². The SMILES string of the molecule is CCCC(C)(C)CC(C)CC(C)CC(C)CC(C)CC(C)C. The van der Waals surface area contributed by atoms with Crippen LogP contribution in [0.5, 0.6) is 0 Å². The molecule has 0 spiro atoms. The van der Waals surface area contributed by atoms with Gasteiger partial charge in [-0.25, -0.2) is 0 Å². The van der Waals surface area contributed by atoms with E-state index in [0.717, 1.165) is 29.6 Å². The summed E-state index contributed by atoms with van der Waals surface area (Å²) in [5.74, 6) is 4.38. The summed E-state index contributed by atoms with van der Waals surface area (Å²) < 4.78 is 0. The molecule has 0 aromatic carbocycles. The molecule has 0 N–H and O–H groups in total. The fourth-order valence-corrected chi connectivity index (χ4v) is 4.96. The lowest BCUT2D eigenvalue weighted by molar-refractivity contribution is 0.219. The van der Waals surface area contributed by atoms with Crippen molar-refractivity contribution in [2.75, 3.05) is 0 Å². The van der Waals surface area contributed by atoms with Gasteiger partial charge < -0.3 is 0 Å². The van der Waals surface area contributed by atoms with E-state index in [4.69, 9.17) is 0 Å². The van der Waals surface area contributed by atoms with Gasteiger partial charge in [0.1, 0.15) is 0 Å². The van der Waals surface area contributed by atoms with Gasteiger partial charge in [-0.15, -0.1) is 0 Å². The molecule has 0 aromatic rings. The van der Waals surface area contributed by atoms with Crippen LogP contribution in [0.15, 0.2) is 0 Å². The molecular weight excluding hydrogens is 264 g/mol. The highest BCUT2D eigenvalue weighted by molar-refractivity contribution is 4.73. The summed E-state index contributed by atoms with van der Waals surface area (Å²) in [7, 11) is 0. The highest BCUT2D eigenvalue weighted by Gasteiger charge is 2.22. The lowest BCUT2D eigenvalue weighted by atomic mass is 9.76. The molecule has 0 aromatic heterocycles. The summed E-state index contributed by atoms with van der Waals surface area (Å²) in [6, 6.07) is 0. The molecule has 0 aliphatic carbocycles. The number of rotatable bonds is 12. The Bertz CT molecular complexity index is 263. The molecule has 0 fully saturated rings. The Morgan fingerprint density at radius 1 is 0.636 bits per heavy atom. The highest BCUT2D eigenvalue weighted by Crippen LogP contribution is 2.34. The van der Waals surface area contributed by atoms with Gasteiger partial charge in [0.05, 0.1) is 0 Å². The van der Waals surface area contributed by atoms with Gasteiger partial charge >= 0.3 is 0 Å². The van der Waals surface area contributed by atoms with Crippen molar-refractivity contribution in [2.45, 2.75) is 107 Å². The molecule has 0 saturated heterocycles. The Labute approximate surface area is 142 Å². The molecule has 0 aliphatic rings. The van der Waals surface area contributed by atoms with E-state index in [-0.39, 0.29) is 0 Å². The van der Waals surface area contributed by atoms with Crippen molar-refractivity contribution < 1.29 is 0 Å². The maximum absolute atomic E-state index is 2.48. The van der Waals surface area contributed by atoms with Crippen molar-refractivity contribution in [3.63, 3.8) is 0 Å². The first kappa shape index (κ1) is 22.0. The highest BCUT2D eigenvalue weighted by atomic mass is 14.3. The molecule has 0 nitrogen and oxygen atoms in total. The Kier molecular flexibility index (Phi) is 10.7. The average molecular weight is 311 g/mol. The minimum Gasteiger partial charge on any atom is -0.0654 e. The minimum atomic E-state index is 0.533. The third-order valence-electron chi connectivity index (χ3n) is 5.12. The molecule has 134 valence electrons. The largest absolute Gasteiger partial charge is 0.0654 e. The zero-order valence-corrected chi connectivity index (χ0v) is 17.3. The van der Waals surface area contributed by atoms with Gasteiger partial charge in [-0.2, -0.15) is 0 Å². The van der Waals surface area contributed by atoms with E-state index in [1.165, 1.54) is 44.9 Å². The molecule has 4 unspecified atom stereocenters. The first-order valence-corrected chi connectivity index (χ1v) is 10.1. The van der Waals surface area contributed by atoms with Gasteiger partial charge in [-0.05, 0) is 73.5 Å². The first-order chi connectivity index (χ1) is 10.1. The molecule has 0 heterocycles. The summed E-state index contributed by atoms with van der Waals surface area (Å²) >= 11 is 0. The number of hydrogen-bond acceptors (Lipinski definition) is 0. The van der Waals surface area contributed by atoms with Gasteiger partial charge in [0.2, 0.25) is 0 Å². The fourth-order valence-electron chi connectivity index (χ4n) is 4.96. The minimum absolute atomic E-state index is 0.533. The Hall–Kier alpha value is 0. The lowest BCUT2D eigenvalue weighted by Gasteiger charge is -2.30.